The molecule has 0 aromatic heterocycles. The number of hydrogen-bond acceptors (Lipinski definition) is 2. The number of carbonyl (C=O) groups is 1. The van der Waals surface area contributed by atoms with Crippen LogP contribution in [0.15, 0.2) is 30.3 Å². The molecule has 1 aliphatic carbocycles. The highest BCUT2D eigenvalue weighted by Gasteiger charge is 2.11. The summed E-state index contributed by atoms with van der Waals surface area (Å²) in [5.41, 5.74) is 1.02. The predicted molar refractivity (Wildman–Crippen MR) is 109 cm³/mol. The minimum absolute atomic E-state index is 0.0241. The molecular formula is C23H35NO2. The maximum atomic E-state index is 12.3. The fraction of sp³-hybridized carbons (Fsp3) is 0.609. The summed E-state index contributed by atoms with van der Waals surface area (Å²) in [5, 5.41) is 3.22. The van der Waals surface area contributed by atoms with Crippen LogP contribution >= 0.6 is 0 Å². The highest BCUT2D eigenvalue weighted by Crippen LogP contribution is 2.17. The van der Waals surface area contributed by atoms with Crippen LogP contribution in [0.2, 0.25) is 0 Å². The quantitative estimate of drug-likeness (QED) is 0.667. The normalized spacial score (nSPS) is 18.0. The lowest BCUT2D eigenvalue weighted by atomic mass is 9.98. The lowest BCUT2D eigenvalue weighted by molar-refractivity contribution is -0.117. The number of nitrogens with one attached hydrogen (secondary N) is 1. The molecule has 0 spiro atoms. The molecule has 1 N–H and O–H groups in total. The first-order valence-corrected chi connectivity index (χ1v) is 10.5. The number of amides is 1. The zero-order valence-corrected chi connectivity index (χ0v) is 16.3. The van der Waals surface area contributed by atoms with Gasteiger partial charge in [-0.15, -0.1) is 0 Å². The van der Waals surface area contributed by atoms with E-state index in [4.69, 9.17) is 4.74 Å². The minimum Gasteiger partial charge on any atom is -0.494 e. The molecule has 1 fully saturated rings. The molecule has 0 radical (unpaired) electrons. The topological polar surface area (TPSA) is 38.3 Å². The molecule has 1 aromatic carbocycles. The fourth-order valence-corrected chi connectivity index (χ4v) is 3.57. The summed E-state index contributed by atoms with van der Waals surface area (Å²) in [7, 11) is 0. The molecule has 26 heavy (non-hydrogen) atoms. The van der Waals surface area contributed by atoms with Gasteiger partial charge < -0.3 is 10.1 Å². The van der Waals surface area contributed by atoms with Gasteiger partial charge in [0.15, 0.2) is 0 Å². The van der Waals surface area contributed by atoms with E-state index in [-0.39, 0.29) is 5.91 Å². The van der Waals surface area contributed by atoms with Crippen molar-refractivity contribution in [3.63, 3.8) is 0 Å². The van der Waals surface area contributed by atoms with Crippen LogP contribution in [0.25, 0.3) is 6.08 Å². The van der Waals surface area contributed by atoms with E-state index in [9.17, 15) is 4.79 Å². The Morgan fingerprint density at radius 3 is 2.04 bits per heavy atom. The second-order valence-corrected chi connectivity index (χ2v) is 7.30. The number of hydrogen-bond donors (Lipinski definition) is 1. The second kappa shape index (κ2) is 12.6. The molecule has 1 aromatic rings. The molecule has 0 saturated heterocycles. The van der Waals surface area contributed by atoms with Crippen molar-refractivity contribution >= 4 is 12.0 Å². The minimum atomic E-state index is 0.0241. The number of carbonyl (C=O) groups excluding carboxylic acids is 1. The molecule has 0 aliphatic heterocycles. The van der Waals surface area contributed by atoms with E-state index in [1.54, 1.807) is 6.08 Å². The van der Waals surface area contributed by atoms with Crippen LogP contribution in [0.4, 0.5) is 0 Å². The standard InChI is InChI=1S/C23H35NO2/c1-2-26-22-17-14-20(15-18-22)16-19-23(25)24-21-12-10-8-6-4-3-5-7-9-11-13-21/h14-19,21H,2-13H2,1H3,(H,24,25)/b19-16+. The van der Waals surface area contributed by atoms with Crippen LogP contribution in [-0.2, 0) is 4.79 Å². The molecule has 3 nitrogen and oxygen atoms in total. The van der Waals surface area contributed by atoms with Crippen molar-refractivity contribution in [3.05, 3.63) is 35.9 Å². The molecular weight excluding hydrogens is 322 g/mol. The third kappa shape index (κ3) is 8.55. The summed E-state index contributed by atoms with van der Waals surface area (Å²) in [5.74, 6) is 0.887. The van der Waals surface area contributed by atoms with Crippen molar-refractivity contribution < 1.29 is 9.53 Å². The fourth-order valence-electron chi connectivity index (χ4n) is 3.57. The first kappa shape index (κ1) is 20.5. The molecule has 1 amide bonds. The Bertz CT molecular complexity index is 524. The smallest absolute Gasteiger partial charge is 0.244 e. The lowest BCUT2D eigenvalue weighted by Crippen LogP contribution is -2.33. The van der Waals surface area contributed by atoms with Crippen LogP contribution in [-0.4, -0.2) is 18.6 Å². The van der Waals surface area contributed by atoms with Gasteiger partial charge in [-0.05, 0) is 43.5 Å². The maximum Gasteiger partial charge on any atom is 0.244 e. The van der Waals surface area contributed by atoms with Crippen LogP contribution in [0.3, 0.4) is 0 Å². The number of rotatable bonds is 5. The van der Waals surface area contributed by atoms with E-state index >= 15 is 0 Å². The van der Waals surface area contributed by atoms with Crippen LogP contribution in [0.1, 0.15) is 83.1 Å². The van der Waals surface area contributed by atoms with Crippen molar-refractivity contribution in [3.8, 4) is 5.75 Å². The summed E-state index contributed by atoms with van der Waals surface area (Å²) in [6.07, 6.45) is 17.7. The van der Waals surface area contributed by atoms with E-state index in [0.29, 0.717) is 12.6 Å². The van der Waals surface area contributed by atoms with Crippen molar-refractivity contribution in [1.29, 1.82) is 0 Å². The van der Waals surface area contributed by atoms with Crippen molar-refractivity contribution in [2.24, 2.45) is 0 Å². The van der Waals surface area contributed by atoms with Gasteiger partial charge in [-0.3, -0.25) is 4.79 Å². The summed E-state index contributed by atoms with van der Waals surface area (Å²) in [4.78, 5) is 12.3. The Morgan fingerprint density at radius 1 is 0.962 bits per heavy atom. The van der Waals surface area contributed by atoms with Gasteiger partial charge in [0.25, 0.3) is 0 Å². The van der Waals surface area contributed by atoms with Crippen LogP contribution in [0.5, 0.6) is 5.75 Å². The highest BCUT2D eigenvalue weighted by atomic mass is 16.5. The van der Waals surface area contributed by atoms with E-state index in [2.05, 4.69) is 5.32 Å². The molecule has 1 saturated carbocycles. The van der Waals surface area contributed by atoms with Gasteiger partial charge in [0.1, 0.15) is 5.75 Å². The summed E-state index contributed by atoms with van der Waals surface area (Å²) < 4.78 is 5.44. The number of benzene rings is 1. The van der Waals surface area contributed by atoms with E-state index in [1.165, 1.54) is 57.8 Å². The SMILES string of the molecule is CCOc1ccc(/C=C/C(=O)NC2CCCCCCCCCCC2)cc1. The summed E-state index contributed by atoms with van der Waals surface area (Å²) in [6, 6.07) is 8.16. The maximum absolute atomic E-state index is 12.3. The van der Waals surface area contributed by atoms with Gasteiger partial charge in [0.05, 0.1) is 6.61 Å². The molecule has 1 aliphatic rings. The van der Waals surface area contributed by atoms with Gasteiger partial charge in [-0.2, -0.15) is 0 Å². The Balaban J connectivity index is 1.80. The van der Waals surface area contributed by atoms with Crippen molar-refractivity contribution in [1.82, 2.24) is 5.32 Å². The summed E-state index contributed by atoms with van der Waals surface area (Å²) >= 11 is 0. The molecule has 0 unspecified atom stereocenters. The molecule has 0 heterocycles. The Hall–Kier alpha value is -1.77. The van der Waals surface area contributed by atoms with Gasteiger partial charge in [-0.25, -0.2) is 0 Å². The average molecular weight is 358 g/mol. The van der Waals surface area contributed by atoms with E-state index in [1.807, 2.05) is 37.3 Å². The number of ether oxygens (including phenoxy) is 1. The third-order valence-electron chi connectivity index (χ3n) is 5.07. The van der Waals surface area contributed by atoms with Gasteiger partial charge in [0.2, 0.25) is 5.91 Å². The van der Waals surface area contributed by atoms with Gasteiger partial charge in [0, 0.05) is 12.1 Å². The largest absolute Gasteiger partial charge is 0.494 e. The average Bonchev–Trinajstić information content (AvgIpc) is 2.64. The first-order chi connectivity index (χ1) is 12.8. The highest BCUT2D eigenvalue weighted by molar-refractivity contribution is 5.91. The van der Waals surface area contributed by atoms with E-state index in [0.717, 1.165) is 24.2 Å². The van der Waals surface area contributed by atoms with Crippen LogP contribution < -0.4 is 10.1 Å². The van der Waals surface area contributed by atoms with Crippen molar-refractivity contribution in [2.75, 3.05) is 6.61 Å². The zero-order valence-electron chi connectivity index (χ0n) is 16.3. The Labute approximate surface area is 159 Å². The van der Waals surface area contributed by atoms with Gasteiger partial charge >= 0.3 is 0 Å². The van der Waals surface area contributed by atoms with Crippen LogP contribution in [0, 0.1) is 0 Å². The monoisotopic (exact) mass is 357 g/mol. The molecule has 3 heteroatoms. The third-order valence-corrected chi connectivity index (χ3v) is 5.07. The predicted octanol–water partition coefficient (Wildman–Crippen LogP) is 5.89. The Kier molecular flexibility index (Phi) is 9.92. The molecule has 0 atom stereocenters. The van der Waals surface area contributed by atoms with Gasteiger partial charge in [-0.1, -0.05) is 69.9 Å². The molecule has 2 rings (SSSR count). The summed E-state index contributed by atoms with van der Waals surface area (Å²) in [6.45, 7) is 2.64. The first-order valence-electron chi connectivity index (χ1n) is 10.5. The molecule has 144 valence electrons. The zero-order chi connectivity index (χ0) is 18.5. The lowest BCUT2D eigenvalue weighted by Gasteiger charge is -2.18. The van der Waals surface area contributed by atoms with E-state index < -0.39 is 0 Å². The van der Waals surface area contributed by atoms with Crippen molar-refractivity contribution in [2.45, 2.75) is 83.6 Å². The second-order valence-electron chi connectivity index (χ2n) is 7.30. The molecule has 0 bridgehead atoms. The Morgan fingerprint density at radius 2 is 1.50 bits per heavy atom.